The molecule has 2 aromatic rings. The zero-order valence-corrected chi connectivity index (χ0v) is 15.3. The van der Waals surface area contributed by atoms with Crippen LogP contribution in [0.1, 0.15) is 15.9 Å². The first-order chi connectivity index (χ1) is 12.7. The third-order valence-electron chi connectivity index (χ3n) is 4.14. The topological polar surface area (TPSA) is 50.8 Å². The summed E-state index contributed by atoms with van der Waals surface area (Å²) in [5.74, 6) is 0.533. The number of thiocarbonyl (C=S) groups is 1. The molecule has 1 fully saturated rings. The third kappa shape index (κ3) is 5.28. The first-order valence-corrected chi connectivity index (χ1v) is 9.08. The molecular formula is C20H22N2O3S. The molecule has 1 aliphatic rings. The Balaban J connectivity index is 1.47. The van der Waals surface area contributed by atoms with Crippen molar-refractivity contribution < 1.29 is 14.3 Å². The van der Waals surface area contributed by atoms with Gasteiger partial charge in [-0.3, -0.25) is 10.1 Å². The summed E-state index contributed by atoms with van der Waals surface area (Å²) in [5.41, 5.74) is 1.79. The zero-order valence-electron chi connectivity index (χ0n) is 14.5. The largest absolute Gasteiger partial charge is 0.493 e. The van der Waals surface area contributed by atoms with Gasteiger partial charge in [0.2, 0.25) is 0 Å². The number of amides is 1. The number of rotatable bonds is 5. The second kappa shape index (κ2) is 9.31. The van der Waals surface area contributed by atoms with Crippen LogP contribution in [-0.4, -0.2) is 48.8 Å². The Morgan fingerprint density at radius 1 is 1.08 bits per heavy atom. The summed E-state index contributed by atoms with van der Waals surface area (Å²) in [4.78, 5) is 14.3. The van der Waals surface area contributed by atoms with Gasteiger partial charge in [0.15, 0.2) is 5.11 Å². The summed E-state index contributed by atoms with van der Waals surface area (Å²) < 4.78 is 11.0. The van der Waals surface area contributed by atoms with Crippen molar-refractivity contribution in [3.63, 3.8) is 0 Å². The summed E-state index contributed by atoms with van der Waals surface area (Å²) in [5, 5.41) is 3.22. The van der Waals surface area contributed by atoms with Gasteiger partial charge in [-0.25, -0.2) is 0 Å². The minimum Gasteiger partial charge on any atom is -0.493 e. The van der Waals surface area contributed by atoms with Crippen LogP contribution in [0.25, 0.3) is 0 Å². The molecule has 0 radical (unpaired) electrons. The molecule has 1 saturated heterocycles. The van der Waals surface area contributed by atoms with Gasteiger partial charge in [0.05, 0.1) is 19.8 Å². The number of nitrogens with one attached hydrogen (secondary N) is 1. The first-order valence-electron chi connectivity index (χ1n) is 8.67. The summed E-state index contributed by atoms with van der Waals surface area (Å²) >= 11 is 5.29. The summed E-state index contributed by atoms with van der Waals surface area (Å²) in [6, 6.07) is 17.3. The Morgan fingerprint density at radius 3 is 2.46 bits per heavy atom. The molecule has 3 rings (SSSR count). The lowest BCUT2D eigenvalue weighted by molar-refractivity contribution is 0.0669. The number of nitrogens with zero attached hydrogens (tertiary/aromatic N) is 1. The van der Waals surface area contributed by atoms with E-state index in [1.807, 2.05) is 23.1 Å². The molecule has 5 nitrogen and oxygen atoms in total. The number of morpholine rings is 1. The molecule has 1 amide bonds. The molecule has 0 aromatic heterocycles. The van der Waals surface area contributed by atoms with Gasteiger partial charge in [-0.05, 0) is 42.0 Å². The standard InChI is InChI=1S/C20H22N2O3S/c23-19(21-20(26)22-11-14-24-15-12-22)17-6-8-18(9-7-17)25-13-10-16-4-2-1-3-5-16/h1-9H,10-15H2,(H,21,23,26). The van der Waals surface area contributed by atoms with E-state index in [2.05, 4.69) is 17.4 Å². The minimum atomic E-state index is -0.211. The number of ether oxygens (including phenoxy) is 2. The van der Waals surface area contributed by atoms with Crippen LogP contribution in [0.15, 0.2) is 54.6 Å². The molecule has 1 aliphatic heterocycles. The van der Waals surface area contributed by atoms with E-state index in [1.54, 1.807) is 24.3 Å². The summed E-state index contributed by atoms with van der Waals surface area (Å²) in [7, 11) is 0. The quantitative estimate of drug-likeness (QED) is 0.820. The molecule has 0 aliphatic carbocycles. The maximum Gasteiger partial charge on any atom is 0.257 e. The van der Waals surface area contributed by atoms with Gasteiger partial charge in [0, 0.05) is 25.1 Å². The van der Waals surface area contributed by atoms with Crippen molar-refractivity contribution >= 4 is 23.2 Å². The Labute approximate surface area is 158 Å². The number of hydrogen-bond donors (Lipinski definition) is 1. The Bertz CT molecular complexity index is 728. The van der Waals surface area contributed by atoms with Crippen LogP contribution >= 0.6 is 12.2 Å². The highest BCUT2D eigenvalue weighted by Gasteiger charge is 2.16. The predicted molar refractivity (Wildman–Crippen MR) is 105 cm³/mol. The van der Waals surface area contributed by atoms with Crippen LogP contribution in [0, 0.1) is 0 Å². The molecular weight excluding hydrogens is 348 g/mol. The van der Waals surface area contributed by atoms with E-state index in [1.165, 1.54) is 5.56 Å². The highest BCUT2D eigenvalue weighted by atomic mass is 32.1. The van der Waals surface area contributed by atoms with Gasteiger partial charge in [0.1, 0.15) is 5.75 Å². The first kappa shape index (κ1) is 18.4. The maximum absolute atomic E-state index is 12.3. The molecule has 2 aromatic carbocycles. The zero-order chi connectivity index (χ0) is 18.2. The van der Waals surface area contributed by atoms with Crippen molar-refractivity contribution in [1.82, 2.24) is 10.2 Å². The highest BCUT2D eigenvalue weighted by molar-refractivity contribution is 7.80. The fourth-order valence-corrected chi connectivity index (χ4v) is 2.92. The molecule has 0 spiro atoms. The molecule has 26 heavy (non-hydrogen) atoms. The van der Waals surface area contributed by atoms with E-state index >= 15 is 0 Å². The number of hydrogen-bond acceptors (Lipinski definition) is 4. The second-order valence-corrected chi connectivity index (χ2v) is 6.35. The predicted octanol–water partition coefficient (Wildman–Crippen LogP) is 2.66. The second-order valence-electron chi connectivity index (χ2n) is 5.97. The van der Waals surface area contributed by atoms with Gasteiger partial charge in [0.25, 0.3) is 5.91 Å². The maximum atomic E-state index is 12.3. The minimum absolute atomic E-state index is 0.211. The van der Waals surface area contributed by atoms with Crippen molar-refractivity contribution in [3.8, 4) is 5.75 Å². The number of carbonyl (C=O) groups is 1. The monoisotopic (exact) mass is 370 g/mol. The van der Waals surface area contributed by atoms with E-state index < -0.39 is 0 Å². The fraction of sp³-hybridized carbons (Fsp3) is 0.300. The molecule has 136 valence electrons. The SMILES string of the molecule is O=C(NC(=S)N1CCOCC1)c1ccc(OCCc2ccccc2)cc1. The molecule has 0 unspecified atom stereocenters. The number of carbonyl (C=O) groups excluding carboxylic acids is 1. The lowest BCUT2D eigenvalue weighted by Crippen LogP contribution is -2.47. The molecule has 1 N–H and O–H groups in total. The highest BCUT2D eigenvalue weighted by Crippen LogP contribution is 2.13. The molecule has 6 heteroatoms. The van der Waals surface area contributed by atoms with E-state index in [0.717, 1.165) is 12.2 Å². The average molecular weight is 370 g/mol. The van der Waals surface area contributed by atoms with Gasteiger partial charge in [-0.2, -0.15) is 0 Å². The van der Waals surface area contributed by atoms with Gasteiger partial charge in [-0.1, -0.05) is 30.3 Å². The van der Waals surface area contributed by atoms with Gasteiger partial charge >= 0.3 is 0 Å². The molecule has 0 atom stereocenters. The Hall–Kier alpha value is -2.44. The van der Waals surface area contributed by atoms with Crippen LogP contribution in [0.5, 0.6) is 5.75 Å². The van der Waals surface area contributed by atoms with Crippen molar-refractivity contribution in [3.05, 3.63) is 65.7 Å². The molecule has 0 saturated carbocycles. The average Bonchev–Trinajstić information content (AvgIpc) is 2.70. The van der Waals surface area contributed by atoms with Crippen molar-refractivity contribution in [1.29, 1.82) is 0 Å². The van der Waals surface area contributed by atoms with Crippen molar-refractivity contribution in [2.45, 2.75) is 6.42 Å². The normalized spacial score (nSPS) is 13.9. The number of benzene rings is 2. The summed E-state index contributed by atoms with van der Waals surface area (Å²) in [6.45, 7) is 3.26. The van der Waals surface area contributed by atoms with E-state index in [-0.39, 0.29) is 5.91 Å². The van der Waals surface area contributed by atoms with E-state index in [0.29, 0.717) is 43.6 Å². The van der Waals surface area contributed by atoms with Crippen LogP contribution in [0.3, 0.4) is 0 Å². The Kier molecular flexibility index (Phi) is 6.57. The summed E-state index contributed by atoms with van der Waals surface area (Å²) in [6.07, 6.45) is 0.844. The van der Waals surface area contributed by atoms with Crippen molar-refractivity contribution in [2.75, 3.05) is 32.9 Å². The molecule has 1 heterocycles. The van der Waals surface area contributed by atoms with Crippen molar-refractivity contribution in [2.24, 2.45) is 0 Å². The lowest BCUT2D eigenvalue weighted by atomic mass is 10.2. The van der Waals surface area contributed by atoms with E-state index in [9.17, 15) is 4.79 Å². The van der Waals surface area contributed by atoms with Gasteiger partial charge < -0.3 is 14.4 Å². The van der Waals surface area contributed by atoms with Gasteiger partial charge in [-0.15, -0.1) is 0 Å². The van der Waals surface area contributed by atoms with Crippen LogP contribution in [0.2, 0.25) is 0 Å². The van der Waals surface area contributed by atoms with Crippen LogP contribution in [0.4, 0.5) is 0 Å². The van der Waals surface area contributed by atoms with Crippen LogP contribution < -0.4 is 10.1 Å². The molecule has 0 bridgehead atoms. The lowest BCUT2D eigenvalue weighted by Gasteiger charge is -2.28. The fourth-order valence-electron chi connectivity index (χ4n) is 2.65. The van der Waals surface area contributed by atoms with Crippen LogP contribution in [-0.2, 0) is 11.2 Å². The Morgan fingerprint density at radius 2 is 1.77 bits per heavy atom. The third-order valence-corrected chi connectivity index (χ3v) is 4.50. The van der Waals surface area contributed by atoms with E-state index in [4.69, 9.17) is 21.7 Å². The smallest absolute Gasteiger partial charge is 0.257 e.